The summed E-state index contributed by atoms with van der Waals surface area (Å²) in [6, 6.07) is 5.48. The van der Waals surface area contributed by atoms with Gasteiger partial charge in [-0.05, 0) is 26.0 Å². The smallest absolute Gasteiger partial charge is 0.217 e. The Morgan fingerprint density at radius 2 is 2.16 bits per heavy atom. The molecule has 0 saturated carbocycles. The number of halogens is 1. The molecule has 2 aromatic heterocycles. The van der Waals surface area contributed by atoms with Crippen LogP contribution in [-0.2, 0) is 6.54 Å². The Hall–Kier alpha value is -2.01. The molecule has 3 aromatic rings. The molecule has 1 aromatic carbocycles. The number of nitrogens with zero attached hydrogens (tertiary/aromatic N) is 3. The van der Waals surface area contributed by atoms with E-state index in [1.165, 1.54) is 0 Å². The van der Waals surface area contributed by atoms with Crippen LogP contribution in [0.4, 0.5) is 5.69 Å². The van der Waals surface area contributed by atoms with Crippen LogP contribution in [0.5, 0.6) is 0 Å². The van der Waals surface area contributed by atoms with Gasteiger partial charge in [-0.15, -0.1) is 0 Å². The SMILES string of the molecule is Cc1nn(Cc2nc3c(N)cccc3o2)c(C)c1Cl. The summed E-state index contributed by atoms with van der Waals surface area (Å²) in [5.41, 5.74) is 9.53. The summed E-state index contributed by atoms with van der Waals surface area (Å²) in [5.74, 6) is 0.565. The highest BCUT2D eigenvalue weighted by molar-refractivity contribution is 6.31. The van der Waals surface area contributed by atoms with Crippen molar-refractivity contribution in [3.63, 3.8) is 0 Å². The maximum Gasteiger partial charge on any atom is 0.217 e. The van der Waals surface area contributed by atoms with Gasteiger partial charge >= 0.3 is 0 Å². The first-order valence-corrected chi connectivity index (χ1v) is 6.27. The van der Waals surface area contributed by atoms with Gasteiger partial charge in [0.1, 0.15) is 12.1 Å². The normalized spacial score (nSPS) is 11.3. The second kappa shape index (κ2) is 4.28. The van der Waals surface area contributed by atoms with E-state index in [4.69, 9.17) is 21.8 Å². The van der Waals surface area contributed by atoms with Crippen LogP contribution in [0.3, 0.4) is 0 Å². The molecule has 0 bridgehead atoms. The summed E-state index contributed by atoms with van der Waals surface area (Å²) < 4.78 is 7.44. The number of aromatic nitrogens is 3. The summed E-state index contributed by atoms with van der Waals surface area (Å²) in [6.07, 6.45) is 0. The minimum atomic E-state index is 0.438. The molecule has 0 aliphatic rings. The fourth-order valence-electron chi connectivity index (χ4n) is 2.04. The van der Waals surface area contributed by atoms with E-state index in [1.807, 2.05) is 26.0 Å². The molecule has 98 valence electrons. The Kier molecular flexibility index (Phi) is 2.71. The van der Waals surface area contributed by atoms with Gasteiger partial charge in [-0.1, -0.05) is 17.7 Å². The van der Waals surface area contributed by atoms with Gasteiger partial charge in [0.2, 0.25) is 5.89 Å². The Bertz CT molecular complexity index is 759. The predicted octanol–water partition coefficient (Wildman–Crippen LogP) is 2.93. The molecule has 0 atom stereocenters. The zero-order valence-electron chi connectivity index (χ0n) is 10.6. The average Bonchev–Trinajstić information content (AvgIpc) is 2.89. The number of hydrogen-bond acceptors (Lipinski definition) is 4. The number of benzene rings is 1. The monoisotopic (exact) mass is 276 g/mol. The number of nitrogen functional groups attached to an aromatic ring is 1. The van der Waals surface area contributed by atoms with Crippen molar-refractivity contribution in [1.82, 2.24) is 14.8 Å². The standard InChI is InChI=1S/C13H13ClN4O/c1-7-12(14)8(2)18(17-7)6-11-16-13-9(15)4-3-5-10(13)19-11/h3-5H,6,15H2,1-2H3. The van der Waals surface area contributed by atoms with Crippen LogP contribution in [0.2, 0.25) is 5.02 Å². The molecule has 5 nitrogen and oxygen atoms in total. The number of rotatable bonds is 2. The second-order valence-electron chi connectivity index (χ2n) is 4.44. The number of hydrogen-bond donors (Lipinski definition) is 1. The molecule has 3 rings (SSSR count). The molecule has 6 heteroatoms. The molecule has 0 amide bonds. The molecule has 0 saturated heterocycles. The van der Waals surface area contributed by atoms with E-state index < -0.39 is 0 Å². The summed E-state index contributed by atoms with van der Waals surface area (Å²) in [4.78, 5) is 4.39. The quantitative estimate of drug-likeness (QED) is 0.731. The van der Waals surface area contributed by atoms with E-state index in [-0.39, 0.29) is 0 Å². The zero-order chi connectivity index (χ0) is 13.6. The predicted molar refractivity (Wildman–Crippen MR) is 74.2 cm³/mol. The first-order chi connectivity index (χ1) is 9.06. The fourth-order valence-corrected chi connectivity index (χ4v) is 2.18. The molecule has 0 unspecified atom stereocenters. The van der Waals surface area contributed by atoms with Crippen LogP contribution in [0, 0.1) is 13.8 Å². The van der Waals surface area contributed by atoms with Crippen molar-refractivity contribution in [2.75, 3.05) is 5.73 Å². The highest BCUT2D eigenvalue weighted by atomic mass is 35.5. The van der Waals surface area contributed by atoms with Crippen LogP contribution < -0.4 is 5.73 Å². The van der Waals surface area contributed by atoms with Crippen molar-refractivity contribution in [3.05, 3.63) is 40.5 Å². The van der Waals surface area contributed by atoms with Crippen LogP contribution in [0.15, 0.2) is 22.6 Å². The maximum atomic E-state index is 6.11. The molecular weight excluding hydrogens is 264 g/mol. The van der Waals surface area contributed by atoms with Gasteiger partial charge in [0.05, 0.1) is 22.1 Å². The first-order valence-electron chi connectivity index (χ1n) is 5.89. The molecule has 0 aliphatic heterocycles. The lowest BCUT2D eigenvalue weighted by atomic mass is 10.3. The largest absolute Gasteiger partial charge is 0.439 e. The van der Waals surface area contributed by atoms with Gasteiger partial charge in [0, 0.05) is 0 Å². The number of anilines is 1. The third-order valence-electron chi connectivity index (χ3n) is 3.07. The van der Waals surface area contributed by atoms with Gasteiger partial charge in [-0.25, -0.2) is 4.98 Å². The van der Waals surface area contributed by atoms with Crippen molar-refractivity contribution < 1.29 is 4.42 Å². The van der Waals surface area contributed by atoms with E-state index >= 15 is 0 Å². The number of para-hydroxylation sites is 1. The lowest BCUT2D eigenvalue weighted by molar-refractivity contribution is 0.486. The molecule has 0 aliphatic carbocycles. The first kappa shape index (κ1) is 12.0. The van der Waals surface area contributed by atoms with Crippen LogP contribution in [0.1, 0.15) is 17.3 Å². The van der Waals surface area contributed by atoms with E-state index in [9.17, 15) is 0 Å². The highest BCUT2D eigenvalue weighted by Gasteiger charge is 2.13. The van der Waals surface area contributed by atoms with Crippen molar-refractivity contribution in [3.8, 4) is 0 Å². The van der Waals surface area contributed by atoms with E-state index in [0.717, 1.165) is 11.4 Å². The van der Waals surface area contributed by atoms with E-state index in [0.29, 0.717) is 34.2 Å². The Morgan fingerprint density at radius 3 is 2.79 bits per heavy atom. The summed E-state index contributed by atoms with van der Waals surface area (Å²) in [7, 11) is 0. The minimum Gasteiger partial charge on any atom is -0.439 e. The van der Waals surface area contributed by atoms with Gasteiger partial charge in [0.15, 0.2) is 5.58 Å². The van der Waals surface area contributed by atoms with Crippen LogP contribution in [-0.4, -0.2) is 14.8 Å². The molecular formula is C13H13ClN4O. The van der Waals surface area contributed by atoms with Crippen molar-refractivity contribution in [2.24, 2.45) is 0 Å². The third-order valence-corrected chi connectivity index (χ3v) is 3.62. The van der Waals surface area contributed by atoms with Crippen LogP contribution in [0.25, 0.3) is 11.1 Å². The topological polar surface area (TPSA) is 69.9 Å². The van der Waals surface area contributed by atoms with E-state index in [1.54, 1.807) is 10.7 Å². The van der Waals surface area contributed by atoms with Crippen molar-refractivity contribution >= 4 is 28.4 Å². The molecule has 0 fully saturated rings. The van der Waals surface area contributed by atoms with Gasteiger partial charge in [0.25, 0.3) is 0 Å². The highest BCUT2D eigenvalue weighted by Crippen LogP contribution is 2.23. The summed E-state index contributed by atoms with van der Waals surface area (Å²) in [6.45, 7) is 4.22. The number of aryl methyl sites for hydroxylation is 1. The molecule has 19 heavy (non-hydrogen) atoms. The Labute approximate surface area is 115 Å². The van der Waals surface area contributed by atoms with Crippen LogP contribution >= 0.6 is 11.6 Å². The lowest BCUT2D eigenvalue weighted by Crippen LogP contribution is -2.04. The molecule has 0 spiro atoms. The molecule has 2 N–H and O–H groups in total. The Morgan fingerprint density at radius 1 is 1.37 bits per heavy atom. The van der Waals surface area contributed by atoms with Gasteiger partial charge < -0.3 is 10.2 Å². The number of oxazole rings is 1. The van der Waals surface area contributed by atoms with Gasteiger partial charge in [-0.3, -0.25) is 4.68 Å². The number of fused-ring (bicyclic) bond motifs is 1. The second-order valence-corrected chi connectivity index (χ2v) is 4.82. The van der Waals surface area contributed by atoms with E-state index in [2.05, 4.69) is 10.1 Å². The van der Waals surface area contributed by atoms with Crippen molar-refractivity contribution in [1.29, 1.82) is 0 Å². The average molecular weight is 277 g/mol. The van der Waals surface area contributed by atoms with Gasteiger partial charge in [-0.2, -0.15) is 5.10 Å². The summed E-state index contributed by atoms with van der Waals surface area (Å²) >= 11 is 6.11. The van der Waals surface area contributed by atoms with Crippen molar-refractivity contribution in [2.45, 2.75) is 20.4 Å². The molecule has 0 radical (unpaired) electrons. The summed E-state index contributed by atoms with van der Waals surface area (Å²) in [5, 5.41) is 5.03. The molecule has 2 heterocycles. The lowest BCUT2D eigenvalue weighted by Gasteiger charge is -1.99. The number of nitrogens with two attached hydrogens (primary N) is 1. The zero-order valence-corrected chi connectivity index (χ0v) is 11.4. The fraction of sp³-hybridized carbons (Fsp3) is 0.231. The maximum absolute atomic E-state index is 6.11. The third kappa shape index (κ3) is 1.96. The Balaban J connectivity index is 2.01. The minimum absolute atomic E-state index is 0.438.